The Morgan fingerprint density at radius 2 is 0.904 bits per heavy atom. The number of hydrogen-bond acceptors (Lipinski definition) is 5. The third kappa shape index (κ3) is 12.6. The maximum Gasteiger partial charge on any atom is 0.319 e. The Morgan fingerprint density at radius 1 is 0.577 bits per heavy atom. The van der Waals surface area contributed by atoms with E-state index in [0.29, 0.717) is 23.3 Å². The minimum absolute atomic E-state index is 0.154. The monoisotopic (exact) mass is 743 g/mol. The lowest BCUT2D eigenvalue weighted by atomic mass is 9.73. The van der Waals surface area contributed by atoms with Gasteiger partial charge >= 0.3 is 8.25 Å². The van der Waals surface area contributed by atoms with Crippen molar-refractivity contribution in [3.63, 3.8) is 0 Å². The molecule has 2 aromatic carbocycles. The molecule has 2 atom stereocenters. The van der Waals surface area contributed by atoms with Gasteiger partial charge in [-0.3, -0.25) is 4.57 Å². The lowest BCUT2D eigenvalue weighted by molar-refractivity contribution is 0.211. The first-order valence-electron chi connectivity index (χ1n) is 20.5. The van der Waals surface area contributed by atoms with Crippen molar-refractivity contribution >= 4 is 8.25 Å². The smallest absolute Gasteiger partial charge is 0.319 e. The zero-order valence-electron chi connectivity index (χ0n) is 36.4. The molecule has 2 rings (SSSR count). The predicted octanol–water partition coefficient (Wildman–Crippen LogP) is 13.9. The minimum atomic E-state index is -2.90. The van der Waals surface area contributed by atoms with E-state index in [1.54, 1.807) is 0 Å². The van der Waals surface area contributed by atoms with Crippen molar-refractivity contribution in [3.05, 3.63) is 56.6 Å². The van der Waals surface area contributed by atoms with Crippen LogP contribution in [-0.2, 0) is 61.3 Å². The van der Waals surface area contributed by atoms with Crippen LogP contribution < -0.4 is 0 Å². The SMILES string of the molecule is CCCCC(CC)Cc1c(CO[PH](=O)OCc2cc(C(C)(C)C)c(O)c(C(C)(C)C)c2CC(CC)CCCC)cc(C(C)(C)C)c(O)c1C(C)(C)C. The summed E-state index contributed by atoms with van der Waals surface area (Å²) in [7, 11) is -2.90. The van der Waals surface area contributed by atoms with Gasteiger partial charge in [0.15, 0.2) is 0 Å². The van der Waals surface area contributed by atoms with Crippen LogP contribution in [0.5, 0.6) is 11.5 Å². The Morgan fingerprint density at radius 3 is 1.15 bits per heavy atom. The summed E-state index contributed by atoms with van der Waals surface area (Å²) in [5.41, 5.74) is 6.77. The number of aromatic hydroxyl groups is 2. The average molecular weight is 743 g/mol. The number of hydrogen-bond donors (Lipinski definition) is 2. The van der Waals surface area contributed by atoms with Crippen LogP contribution in [0.25, 0.3) is 0 Å². The zero-order chi connectivity index (χ0) is 39.8. The zero-order valence-corrected chi connectivity index (χ0v) is 37.4. The molecule has 0 amide bonds. The molecule has 0 aliphatic heterocycles. The first-order chi connectivity index (χ1) is 23.9. The summed E-state index contributed by atoms with van der Waals surface area (Å²) < 4.78 is 26.1. The van der Waals surface area contributed by atoms with Crippen LogP contribution in [0.1, 0.15) is 207 Å². The molecule has 0 heterocycles. The van der Waals surface area contributed by atoms with Crippen LogP contribution >= 0.6 is 8.25 Å². The van der Waals surface area contributed by atoms with Crippen LogP contribution in [0.2, 0.25) is 0 Å². The van der Waals surface area contributed by atoms with Crippen molar-refractivity contribution in [2.75, 3.05) is 0 Å². The van der Waals surface area contributed by atoms with E-state index in [2.05, 4.69) is 123 Å². The second-order valence-electron chi connectivity index (χ2n) is 19.6. The molecule has 52 heavy (non-hydrogen) atoms. The summed E-state index contributed by atoms with van der Waals surface area (Å²) in [5, 5.41) is 23.6. The molecular formula is C46H79O5P. The van der Waals surface area contributed by atoms with Gasteiger partial charge in [-0.2, -0.15) is 0 Å². The van der Waals surface area contributed by atoms with Gasteiger partial charge in [0.2, 0.25) is 0 Å². The maximum atomic E-state index is 13.8. The molecule has 0 saturated carbocycles. The molecule has 0 aromatic heterocycles. The fraction of sp³-hybridized carbons (Fsp3) is 0.739. The summed E-state index contributed by atoms with van der Waals surface area (Å²) in [6.07, 6.45) is 10.7. The van der Waals surface area contributed by atoms with Gasteiger partial charge in [-0.25, -0.2) is 0 Å². The van der Waals surface area contributed by atoms with E-state index < -0.39 is 8.25 Å². The molecule has 0 saturated heterocycles. The predicted molar refractivity (Wildman–Crippen MR) is 224 cm³/mol. The van der Waals surface area contributed by atoms with Crippen LogP contribution in [0.4, 0.5) is 0 Å². The van der Waals surface area contributed by atoms with Crippen molar-refractivity contribution in [1.82, 2.24) is 0 Å². The summed E-state index contributed by atoms with van der Waals surface area (Å²) in [6, 6.07) is 4.18. The van der Waals surface area contributed by atoms with Gasteiger partial charge in [0.25, 0.3) is 0 Å². The number of benzene rings is 2. The molecule has 6 heteroatoms. The third-order valence-electron chi connectivity index (χ3n) is 10.9. The van der Waals surface area contributed by atoms with Crippen LogP contribution in [0, 0.1) is 11.8 Å². The van der Waals surface area contributed by atoms with Crippen LogP contribution in [0.15, 0.2) is 12.1 Å². The quantitative estimate of drug-likeness (QED) is 0.149. The van der Waals surface area contributed by atoms with Crippen LogP contribution in [-0.4, -0.2) is 10.2 Å². The Bertz CT molecular complexity index is 1350. The molecule has 0 aliphatic rings. The van der Waals surface area contributed by atoms with Crippen molar-refractivity contribution < 1.29 is 23.8 Å². The number of phenolic OH excluding ortho intramolecular Hbond substituents is 2. The van der Waals surface area contributed by atoms with Crippen molar-refractivity contribution in [2.24, 2.45) is 11.8 Å². The summed E-state index contributed by atoms with van der Waals surface area (Å²) >= 11 is 0. The van der Waals surface area contributed by atoms with E-state index in [-0.39, 0.29) is 34.9 Å². The van der Waals surface area contributed by atoms with E-state index in [9.17, 15) is 14.8 Å². The van der Waals surface area contributed by atoms with E-state index in [1.807, 2.05) is 0 Å². The first kappa shape index (κ1) is 46.3. The Kier molecular flexibility index (Phi) is 17.1. The second-order valence-corrected chi connectivity index (χ2v) is 20.7. The summed E-state index contributed by atoms with van der Waals surface area (Å²) in [6.45, 7) is 35.0. The van der Waals surface area contributed by atoms with Gasteiger partial charge in [0, 0.05) is 11.1 Å². The van der Waals surface area contributed by atoms with Gasteiger partial charge in [-0.15, -0.1) is 0 Å². The highest BCUT2D eigenvalue weighted by Gasteiger charge is 2.33. The van der Waals surface area contributed by atoms with Gasteiger partial charge in [-0.1, -0.05) is 162 Å². The topological polar surface area (TPSA) is 76.0 Å². The lowest BCUT2D eigenvalue weighted by Crippen LogP contribution is -2.22. The molecule has 2 unspecified atom stereocenters. The maximum absolute atomic E-state index is 13.8. The highest BCUT2D eigenvalue weighted by atomic mass is 31.1. The highest BCUT2D eigenvalue weighted by molar-refractivity contribution is 7.33. The van der Waals surface area contributed by atoms with E-state index in [1.165, 1.54) is 12.8 Å². The molecule has 0 bridgehead atoms. The summed E-state index contributed by atoms with van der Waals surface area (Å²) in [5.74, 6) is 1.72. The molecule has 0 fully saturated rings. The van der Waals surface area contributed by atoms with E-state index in [4.69, 9.17) is 9.05 Å². The first-order valence-corrected chi connectivity index (χ1v) is 21.7. The minimum Gasteiger partial charge on any atom is -0.507 e. The third-order valence-corrected chi connectivity index (χ3v) is 11.6. The van der Waals surface area contributed by atoms with Crippen molar-refractivity contribution in [2.45, 2.75) is 210 Å². The second kappa shape index (κ2) is 19.2. The Labute approximate surface area is 321 Å². The van der Waals surface area contributed by atoms with Gasteiger partial charge in [-0.05, 0) is 91.9 Å². The highest BCUT2D eigenvalue weighted by Crippen LogP contribution is 2.46. The Hall–Kier alpha value is -1.81. The fourth-order valence-electron chi connectivity index (χ4n) is 7.80. The average Bonchev–Trinajstić information content (AvgIpc) is 3.01. The van der Waals surface area contributed by atoms with Gasteiger partial charge in [0.05, 0.1) is 13.2 Å². The van der Waals surface area contributed by atoms with Crippen LogP contribution in [0.3, 0.4) is 0 Å². The number of unbranched alkanes of at least 4 members (excludes halogenated alkanes) is 2. The van der Waals surface area contributed by atoms with Crippen molar-refractivity contribution in [3.8, 4) is 11.5 Å². The Balaban J connectivity index is 2.62. The molecular weight excluding hydrogens is 663 g/mol. The summed E-state index contributed by atoms with van der Waals surface area (Å²) in [4.78, 5) is 0. The largest absolute Gasteiger partial charge is 0.507 e. The van der Waals surface area contributed by atoms with Crippen molar-refractivity contribution in [1.29, 1.82) is 0 Å². The molecule has 2 N–H and O–H groups in total. The molecule has 2 aromatic rings. The molecule has 0 radical (unpaired) electrons. The van der Waals surface area contributed by atoms with E-state index in [0.717, 1.165) is 95.9 Å². The standard InChI is InChI=1S/C46H79O5P/c1-17-21-23-31(19-3)25-35-33(27-37(43(5,6)7)41(47)39(35)45(11,12)13)29-50-52(49)51-30-34-28-38(44(8,9)10)42(48)40(46(14,15)16)36(34)26-32(20-4)24-22-18-2/h27-28,31-32,47-48,52H,17-26,29-30H2,1-16H3. The normalized spacial score (nSPS) is 14.8. The molecule has 0 spiro atoms. The fourth-order valence-corrected chi connectivity index (χ4v) is 8.43. The molecule has 298 valence electrons. The van der Waals surface area contributed by atoms with E-state index >= 15 is 0 Å². The molecule has 0 aliphatic carbocycles. The van der Waals surface area contributed by atoms with Gasteiger partial charge in [0.1, 0.15) is 11.5 Å². The number of rotatable bonds is 18. The lowest BCUT2D eigenvalue weighted by Gasteiger charge is -2.33. The molecule has 5 nitrogen and oxygen atoms in total. The number of phenols is 2. The van der Waals surface area contributed by atoms with Gasteiger partial charge < -0.3 is 19.3 Å².